The maximum absolute atomic E-state index is 12.2. The first-order valence-corrected chi connectivity index (χ1v) is 10.7. The second-order valence-electron chi connectivity index (χ2n) is 5.97. The van der Waals surface area contributed by atoms with E-state index in [-0.39, 0.29) is 4.90 Å². The van der Waals surface area contributed by atoms with E-state index >= 15 is 0 Å². The summed E-state index contributed by atoms with van der Waals surface area (Å²) in [6.45, 7) is 0. The van der Waals surface area contributed by atoms with E-state index in [1.807, 2.05) is 48.6 Å². The fourth-order valence-electron chi connectivity index (χ4n) is 2.29. The van der Waals surface area contributed by atoms with Crippen LogP contribution in [-0.4, -0.2) is 42.0 Å². The molecule has 1 N–H and O–H groups in total. The fourth-order valence-corrected chi connectivity index (χ4v) is 4.01. The molecule has 3 aromatic rings. The van der Waals surface area contributed by atoms with Crippen molar-refractivity contribution in [2.24, 2.45) is 0 Å². The highest BCUT2D eigenvalue weighted by Gasteiger charge is 2.17. The van der Waals surface area contributed by atoms with Crippen molar-refractivity contribution in [2.75, 3.05) is 14.1 Å². The van der Waals surface area contributed by atoms with Crippen LogP contribution in [-0.2, 0) is 15.8 Å². The third-order valence-electron chi connectivity index (χ3n) is 3.76. The van der Waals surface area contributed by atoms with Crippen molar-refractivity contribution in [3.8, 4) is 0 Å². The van der Waals surface area contributed by atoms with Crippen molar-refractivity contribution in [1.82, 2.24) is 19.5 Å². The molecular weight excluding hydrogens is 380 g/mol. The fraction of sp³-hybridized carbons (Fsp3) is 0.158. The van der Waals surface area contributed by atoms with Gasteiger partial charge in [0.25, 0.3) is 0 Å². The second-order valence-corrected chi connectivity index (χ2v) is 9.07. The zero-order valence-electron chi connectivity index (χ0n) is 15.0. The van der Waals surface area contributed by atoms with Crippen LogP contribution in [0.15, 0.2) is 64.6 Å². The van der Waals surface area contributed by atoms with Crippen LogP contribution in [0.2, 0.25) is 0 Å². The van der Waals surface area contributed by atoms with E-state index in [4.69, 9.17) is 0 Å². The lowest BCUT2D eigenvalue weighted by molar-refractivity contribution is 0.520. The van der Waals surface area contributed by atoms with E-state index in [0.29, 0.717) is 16.7 Å². The van der Waals surface area contributed by atoms with Crippen LogP contribution in [0.4, 0.5) is 0 Å². The first-order valence-electron chi connectivity index (χ1n) is 8.25. The minimum atomic E-state index is -3.43. The molecule has 0 atom stereocenters. The summed E-state index contributed by atoms with van der Waals surface area (Å²) in [6, 6.07) is 16.9. The molecule has 0 amide bonds. The summed E-state index contributed by atoms with van der Waals surface area (Å²) in [5, 5.41) is 7.70. The van der Waals surface area contributed by atoms with Gasteiger partial charge in [-0.3, -0.25) is 5.10 Å². The van der Waals surface area contributed by atoms with Gasteiger partial charge in [-0.1, -0.05) is 60.3 Å². The van der Waals surface area contributed by atoms with Gasteiger partial charge in [0.05, 0.1) is 4.90 Å². The van der Waals surface area contributed by atoms with Crippen LogP contribution in [0.5, 0.6) is 0 Å². The van der Waals surface area contributed by atoms with Crippen molar-refractivity contribution in [3.63, 3.8) is 0 Å². The molecule has 0 bridgehead atoms. The smallest absolute Gasteiger partial charge is 0.242 e. The third kappa shape index (κ3) is 5.06. The topological polar surface area (TPSA) is 79.0 Å². The Bertz CT molecular complexity index is 1030. The zero-order chi connectivity index (χ0) is 19.3. The number of benzene rings is 2. The van der Waals surface area contributed by atoms with Crippen molar-refractivity contribution < 1.29 is 8.42 Å². The minimum absolute atomic E-state index is 0.284. The number of nitrogens with one attached hydrogen (secondary N) is 1. The van der Waals surface area contributed by atoms with Crippen molar-refractivity contribution in [1.29, 1.82) is 0 Å². The van der Waals surface area contributed by atoms with Crippen LogP contribution < -0.4 is 0 Å². The number of thioether (sulfide) groups is 1. The molecule has 6 nitrogen and oxygen atoms in total. The van der Waals surface area contributed by atoms with E-state index < -0.39 is 10.0 Å². The Kier molecular flexibility index (Phi) is 6.10. The van der Waals surface area contributed by atoms with E-state index in [1.54, 1.807) is 18.2 Å². The number of sulfonamides is 1. The highest BCUT2D eigenvalue weighted by Crippen LogP contribution is 2.22. The Morgan fingerprint density at radius 1 is 1.07 bits per heavy atom. The second kappa shape index (κ2) is 8.51. The van der Waals surface area contributed by atoms with E-state index in [9.17, 15) is 8.42 Å². The summed E-state index contributed by atoms with van der Waals surface area (Å²) in [5.74, 6) is 1.25. The maximum atomic E-state index is 12.2. The molecule has 0 saturated heterocycles. The molecule has 2 aromatic carbocycles. The Morgan fingerprint density at radius 2 is 1.85 bits per heavy atom. The number of H-pyrrole nitrogens is 1. The lowest BCUT2D eigenvalue weighted by atomic mass is 10.2. The number of hydrogen-bond acceptors (Lipinski definition) is 5. The van der Waals surface area contributed by atoms with Crippen LogP contribution in [0.3, 0.4) is 0 Å². The number of aromatic amines is 1. The Balaban J connectivity index is 1.65. The van der Waals surface area contributed by atoms with Gasteiger partial charge in [0.15, 0.2) is 0 Å². The maximum Gasteiger partial charge on any atom is 0.242 e. The molecule has 0 radical (unpaired) electrons. The third-order valence-corrected chi connectivity index (χ3v) is 6.49. The Labute approximate surface area is 163 Å². The normalized spacial score (nSPS) is 12.1. The summed E-state index contributed by atoms with van der Waals surface area (Å²) in [6.07, 6.45) is 3.83. The molecule has 0 aliphatic heterocycles. The number of aromatic nitrogens is 3. The molecular formula is C19H20N4O2S2. The molecule has 0 fully saturated rings. The summed E-state index contributed by atoms with van der Waals surface area (Å²) < 4.78 is 25.7. The van der Waals surface area contributed by atoms with Gasteiger partial charge in [0, 0.05) is 19.8 Å². The molecule has 1 heterocycles. The van der Waals surface area contributed by atoms with Gasteiger partial charge in [-0.05, 0) is 29.3 Å². The summed E-state index contributed by atoms with van der Waals surface area (Å²) in [4.78, 5) is 4.71. The van der Waals surface area contributed by atoms with Crippen LogP contribution in [0.1, 0.15) is 17.0 Å². The quantitative estimate of drug-likeness (QED) is 0.614. The Hall–Kier alpha value is -2.42. The molecule has 27 heavy (non-hydrogen) atoms. The average Bonchev–Trinajstić information content (AvgIpc) is 3.13. The SMILES string of the molecule is CN(C)S(=O)(=O)c1cccc(CSc2n[nH]c(/C=C/c3ccccc3)n2)c1. The minimum Gasteiger partial charge on any atom is -0.259 e. The van der Waals surface area contributed by atoms with Gasteiger partial charge >= 0.3 is 0 Å². The Morgan fingerprint density at radius 3 is 2.59 bits per heavy atom. The lowest BCUT2D eigenvalue weighted by Gasteiger charge is -2.12. The standard InChI is InChI=1S/C19H20N4O2S2/c1-23(2)27(24,25)17-10-6-9-16(13-17)14-26-19-20-18(21-22-19)12-11-15-7-4-3-5-8-15/h3-13H,14H2,1-2H3,(H,20,21,22)/b12-11+. The van der Waals surface area contributed by atoms with E-state index in [0.717, 1.165) is 11.1 Å². The number of hydrogen-bond donors (Lipinski definition) is 1. The lowest BCUT2D eigenvalue weighted by Crippen LogP contribution is -2.22. The number of nitrogens with zero attached hydrogens (tertiary/aromatic N) is 3. The van der Waals surface area contributed by atoms with Gasteiger partial charge in [-0.25, -0.2) is 17.7 Å². The largest absolute Gasteiger partial charge is 0.259 e. The van der Waals surface area contributed by atoms with Gasteiger partial charge in [0.1, 0.15) is 5.82 Å². The van der Waals surface area contributed by atoms with Crippen molar-refractivity contribution in [3.05, 3.63) is 71.5 Å². The summed E-state index contributed by atoms with van der Waals surface area (Å²) in [7, 11) is -0.389. The molecule has 0 spiro atoms. The first-order chi connectivity index (χ1) is 12.9. The first kappa shape index (κ1) is 19.3. The molecule has 8 heteroatoms. The van der Waals surface area contributed by atoms with Gasteiger partial charge < -0.3 is 0 Å². The van der Waals surface area contributed by atoms with Gasteiger partial charge in [0.2, 0.25) is 15.2 Å². The molecule has 0 aliphatic carbocycles. The predicted octanol–water partition coefficient (Wildman–Crippen LogP) is 3.52. The van der Waals surface area contributed by atoms with Crippen molar-refractivity contribution >= 4 is 33.9 Å². The van der Waals surface area contributed by atoms with Gasteiger partial charge in [-0.15, -0.1) is 5.10 Å². The van der Waals surface area contributed by atoms with Crippen LogP contribution in [0, 0.1) is 0 Å². The van der Waals surface area contributed by atoms with E-state index in [1.165, 1.54) is 30.2 Å². The molecule has 0 unspecified atom stereocenters. The molecule has 1 aromatic heterocycles. The van der Waals surface area contributed by atoms with Gasteiger partial charge in [-0.2, -0.15) is 0 Å². The molecule has 0 aliphatic rings. The van der Waals surface area contributed by atoms with Crippen LogP contribution >= 0.6 is 11.8 Å². The molecule has 3 rings (SSSR count). The molecule has 140 valence electrons. The summed E-state index contributed by atoms with van der Waals surface area (Å²) in [5.41, 5.74) is 1.98. The zero-order valence-corrected chi connectivity index (χ0v) is 16.7. The predicted molar refractivity (Wildman–Crippen MR) is 109 cm³/mol. The highest BCUT2D eigenvalue weighted by molar-refractivity contribution is 7.98. The number of rotatable bonds is 7. The van der Waals surface area contributed by atoms with E-state index in [2.05, 4.69) is 15.2 Å². The average molecular weight is 401 g/mol. The highest BCUT2D eigenvalue weighted by atomic mass is 32.2. The summed E-state index contributed by atoms with van der Waals surface area (Å²) >= 11 is 1.45. The monoisotopic (exact) mass is 400 g/mol. The molecule has 0 saturated carbocycles. The van der Waals surface area contributed by atoms with Crippen LogP contribution in [0.25, 0.3) is 12.2 Å². The van der Waals surface area contributed by atoms with Crippen molar-refractivity contribution in [2.45, 2.75) is 15.8 Å².